The normalized spacial score (nSPS) is 25.6. The number of ether oxygens (including phenoxy) is 1. The van der Waals surface area contributed by atoms with Gasteiger partial charge in [0.1, 0.15) is 11.9 Å². The molecule has 1 aromatic rings. The van der Waals surface area contributed by atoms with E-state index in [0.717, 1.165) is 5.56 Å². The molecule has 0 radical (unpaired) electrons. The number of rotatable bonds is 2. The van der Waals surface area contributed by atoms with Crippen LogP contribution in [-0.4, -0.2) is 17.8 Å². The molecule has 74 valence electrons. The van der Waals surface area contributed by atoms with E-state index in [1.54, 1.807) is 18.2 Å². The Labute approximate surface area is 81.6 Å². The zero-order valence-electron chi connectivity index (χ0n) is 7.56. The summed E-state index contributed by atoms with van der Waals surface area (Å²) in [5.74, 6) is -0.271. The molecule has 3 heteroatoms. The Morgan fingerprint density at radius 1 is 1.36 bits per heavy atom. The minimum atomic E-state index is -0.271. The average molecular weight is 194 g/mol. The van der Waals surface area contributed by atoms with Crippen LogP contribution >= 0.6 is 0 Å². The molecule has 1 aliphatic heterocycles. The molecule has 0 aromatic heterocycles. The molecule has 2 rings (SSSR count). The summed E-state index contributed by atoms with van der Waals surface area (Å²) in [7, 11) is 0. The molecule has 14 heavy (non-hydrogen) atoms. The lowest BCUT2D eigenvalue weighted by atomic mass is 10.1. The molecule has 1 N–H and O–H groups in total. The molecule has 1 aromatic carbocycles. The predicted molar refractivity (Wildman–Crippen MR) is 50.2 cm³/mol. The van der Waals surface area contributed by atoms with Gasteiger partial charge in [-0.05, 0) is 17.7 Å². The first-order valence-electron chi connectivity index (χ1n) is 4.49. The summed E-state index contributed by atoms with van der Waals surface area (Å²) in [6.45, 7) is -0.0394. The van der Waals surface area contributed by atoms with Crippen LogP contribution in [0.15, 0.2) is 36.4 Å². The van der Waals surface area contributed by atoms with E-state index in [0.29, 0.717) is 0 Å². The third-order valence-corrected chi connectivity index (χ3v) is 2.18. The van der Waals surface area contributed by atoms with Crippen LogP contribution < -0.4 is 0 Å². The van der Waals surface area contributed by atoms with Crippen molar-refractivity contribution < 1.29 is 14.2 Å². The fraction of sp³-hybridized carbons (Fsp3) is 0.273. The van der Waals surface area contributed by atoms with Gasteiger partial charge >= 0.3 is 0 Å². The Hall–Kier alpha value is -1.19. The quantitative estimate of drug-likeness (QED) is 0.727. The summed E-state index contributed by atoms with van der Waals surface area (Å²) in [5, 5.41) is 8.83. The number of hydrogen-bond acceptors (Lipinski definition) is 2. The number of hydrogen-bond donors (Lipinski definition) is 1. The van der Waals surface area contributed by atoms with E-state index >= 15 is 0 Å². The van der Waals surface area contributed by atoms with Crippen molar-refractivity contribution in [1.82, 2.24) is 0 Å². The second-order valence-electron chi connectivity index (χ2n) is 3.22. The van der Waals surface area contributed by atoms with E-state index in [1.807, 2.05) is 6.08 Å². The number of aliphatic hydroxyl groups excluding tert-OH is 1. The Bertz CT molecular complexity index is 349. The lowest BCUT2D eigenvalue weighted by Crippen LogP contribution is -2.11. The second kappa shape index (κ2) is 3.90. The van der Waals surface area contributed by atoms with Crippen LogP contribution in [0, 0.1) is 5.82 Å². The van der Waals surface area contributed by atoms with E-state index < -0.39 is 0 Å². The third kappa shape index (κ3) is 1.84. The summed E-state index contributed by atoms with van der Waals surface area (Å²) >= 11 is 0. The Morgan fingerprint density at radius 2 is 2.21 bits per heavy atom. The predicted octanol–water partition coefficient (Wildman–Crippen LogP) is 1.81. The zero-order valence-corrected chi connectivity index (χ0v) is 7.56. The van der Waals surface area contributed by atoms with Gasteiger partial charge < -0.3 is 9.84 Å². The Morgan fingerprint density at radius 3 is 2.86 bits per heavy atom. The molecule has 0 amide bonds. The summed E-state index contributed by atoms with van der Waals surface area (Å²) in [4.78, 5) is 0. The molecule has 0 saturated heterocycles. The summed E-state index contributed by atoms with van der Waals surface area (Å²) in [6, 6.07) is 6.28. The van der Waals surface area contributed by atoms with Gasteiger partial charge in [0.15, 0.2) is 0 Å². The van der Waals surface area contributed by atoms with Crippen molar-refractivity contribution in [2.75, 3.05) is 6.61 Å². The molecule has 0 unspecified atom stereocenters. The number of halogens is 1. The molecule has 0 spiro atoms. The van der Waals surface area contributed by atoms with Crippen molar-refractivity contribution in [2.24, 2.45) is 0 Å². The summed E-state index contributed by atoms with van der Waals surface area (Å²) in [6.07, 6.45) is 3.12. The van der Waals surface area contributed by atoms with E-state index in [4.69, 9.17) is 9.84 Å². The van der Waals surface area contributed by atoms with Gasteiger partial charge in [-0.2, -0.15) is 0 Å². The minimum absolute atomic E-state index is 0.0394. The van der Waals surface area contributed by atoms with Crippen molar-refractivity contribution in [2.45, 2.75) is 12.2 Å². The van der Waals surface area contributed by atoms with Crippen LogP contribution in [0.4, 0.5) is 4.39 Å². The van der Waals surface area contributed by atoms with Crippen LogP contribution in [0.2, 0.25) is 0 Å². The average Bonchev–Trinajstić information content (AvgIpc) is 2.66. The Kier molecular flexibility index (Phi) is 2.61. The van der Waals surface area contributed by atoms with E-state index in [1.165, 1.54) is 12.1 Å². The fourth-order valence-corrected chi connectivity index (χ4v) is 1.48. The lowest BCUT2D eigenvalue weighted by Gasteiger charge is -2.12. The van der Waals surface area contributed by atoms with Gasteiger partial charge in [0, 0.05) is 0 Å². The molecule has 0 bridgehead atoms. The highest BCUT2D eigenvalue weighted by atomic mass is 19.1. The first-order valence-corrected chi connectivity index (χ1v) is 4.49. The third-order valence-electron chi connectivity index (χ3n) is 2.18. The second-order valence-corrected chi connectivity index (χ2v) is 3.22. The molecule has 0 fully saturated rings. The van der Waals surface area contributed by atoms with Crippen molar-refractivity contribution >= 4 is 0 Å². The van der Waals surface area contributed by atoms with E-state index in [9.17, 15) is 4.39 Å². The fourth-order valence-electron chi connectivity index (χ4n) is 1.48. The van der Waals surface area contributed by atoms with Gasteiger partial charge in [-0.25, -0.2) is 4.39 Å². The van der Waals surface area contributed by atoms with E-state index in [2.05, 4.69) is 0 Å². The lowest BCUT2D eigenvalue weighted by molar-refractivity contribution is 0.0251. The number of aliphatic hydroxyl groups is 1. The maximum atomic E-state index is 12.9. The largest absolute Gasteiger partial charge is 0.393 e. The topological polar surface area (TPSA) is 29.5 Å². The summed E-state index contributed by atoms with van der Waals surface area (Å²) < 4.78 is 18.3. The van der Waals surface area contributed by atoms with Gasteiger partial charge in [-0.1, -0.05) is 24.3 Å². The molecule has 2 nitrogen and oxygen atoms in total. The van der Waals surface area contributed by atoms with E-state index in [-0.39, 0.29) is 24.6 Å². The highest BCUT2D eigenvalue weighted by Gasteiger charge is 2.19. The highest BCUT2D eigenvalue weighted by Crippen LogP contribution is 2.26. The zero-order chi connectivity index (χ0) is 9.97. The first kappa shape index (κ1) is 9.37. The summed E-state index contributed by atoms with van der Waals surface area (Å²) in [5.41, 5.74) is 0.775. The monoisotopic (exact) mass is 194 g/mol. The van der Waals surface area contributed by atoms with Gasteiger partial charge in [0.05, 0.1) is 12.7 Å². The van der Waals surface area contributed by atoms with Crippen LogP contribution in [0.5, 0.6) is 0 Å². The molecule has 1 heterocycles. The van der Waals surface area contributed by atoms with Crippen molar-refractivity contribution in [3.8, 4) is 0 Å². The van der Waals surface area contributed by atoms with Gasteiger partial charge in [0.2, 0.25) is 0 Å². The van der Waals surface area contributed by atoms with Gasteiger partial charge in [-0.15, -0.1) is 0 Å². The van der Waals surface area contributed by atoms with Crippen molar-refractivity contribution in [3.63, 3.8) is 0 Å². The van der Waals surface area contributed by atoms with Crippen LogP contribution in [0.25, 0.3) is 0 Å². The van der Waals surface area contributed by atoms with Crippen molar-refractivity contribution in [1.29, 1.82) is 0 Å². The maximum absolute atomic E-state index is 12.9. The van der Waals surface area contributed by atoms with Crippen LogP contribution in [0.1, 0.15) is 11.7 Å². The molecular weight excluding hydrogens is 183 g/mol. The SMILES string of the molecule is OC[C@H]1C=C[C@@H](c2cccc(F)c2)O1. The van der Waals surface area contributed by atoms with Gasteiger partial charge in [0.25, 0.3) is 0 Å². The highest BCUT2D eigenvalue weighted by molar-refractivity contribution is 5.24. The smallest absolute Gasteiger partial charge is 0.123 e. The number of benzene rings is 1. The van der Waals surface area contributed by atoms with Crippen LogP contribution in [-0.2, 0) is 4.74 Å². The minimum Gasteiger partial charge on any atom is -0.393 e. The molecular formula is C11H11FO2. The Balaban J connectivity index is 2.14. The van der Waals surface area contributed by atoms with Crippen molar-refractivity contribution in [3.05, 3.63) is 47.8 Å². The first-order chi connectivity index (χ1) is 6.79. The molecule has 2 atom stereocenters. The molecule has 1 aliphatic rings. The van der Waals surface area contributed by atoms with Crippen LogP contribution in [0.3, 0.4) is 0 Å². The van der Waals surface area contributed by atoms with Gasteiger partial charge in [-0.3, -0.25) is 0 Å². The standard InChI is InChI=1S/C11H11FO2/c12-9-3-1-2-8(6-9)11-5-4-10(7-13)14-11/h1-6,10-11,13H,7H2/t10-,11+/m1/s1. The maximum Gasteiger partial charge on any atom is 0.123 e. The molecule has 0 aliphatic carbocycles. The molecule has 0 saturated carbocycles.